The number of halogens is 1. The molecule has 0 atom stereocenters. The van der Waals surface area contributed by atoms with Crippen LogP contribution in [0, 0.1) is 0 Å². The molecule has 0 saturated heterocycles. The highest BCUT2D eigenvalue weighted by Gasteiger charge is 2.13. The lowest BCUT2D eigenvalue weighted by atomic mass is 10.1. The number of fused-ring (bicyclic) bond motifs is 1. The molecule has 0 spiro atoms. The minimum absolute atomic E-state index is 0.424. The average molecular weight is 278 g/mol. The molecule has 102 valence electrons. The van der Waals surface area contributed by atoms with E-state index in [4.69, 9.17) is 17.3 Å². The summed E-state index contributed by atoms with van der Waals surface area (Å²) >= 11 is 6.03. The summed E-state index contributed by atoms with van der Waals surface area (Å²) in [4.78, 5) is 6.75. The molecule has 19 heavy (non-hydrogen) atoms. The van der Waals surface area contributed by atoms with Crippen molar-refractivity contribution in [2.45, 2.75) is 26.3 Å². The molecule has 0 radical (unpaired) electrons. The molecule has 0 amide bonds. The summed E-state index contributed by atoms with van der Waals surface area (Å²) in [5.41, 5.74) is 7.76. The molecule has 3 nitrogen and oxygen atoms in total. The van der Waals surface area contributed by atoms with Crippen molar-refractivity contribution in [3.8, 4) is 0 Å². The van der Waals surface area contributed by atoms with Crippen LogP contribution in [0.25, 0.3) is 10.9 Å². The summed E-state index contributed by atoms with van der Waals surface area (Å²) in [6.45, 7) is 6.05. The number of hydrogen-bond acceptors (Lipinski definition) is 3. The number of hydrogen-bond donors (Lipinski definition) is 1. The van der Waals surface area contributed by atoms with Gasteiger partial charge in [-0.15, -0.1) is 0 Å². The molecule has 0 unspecified atom stereocenters. The Kier molecular flexibility index (Phi) is 4.61. The summed E-state index contributed by atoms with van der Waals surface area (Å²) in [5.74, 6) is 0. The van der Waals surface area contributed by atoms with Gasteiger partial charge in [-0.1, -0.05) is 11.6 Å². The van der Waals surface area contributed by atoms with Crippen LogP contribution in [0.15, 0.2) is 30.5 Å². The minimum Gasteiger partial charge on any atom is -0.368 e. The van der Waals surface area contributed by atoms with Crippen molar-refractivity contribution in [2.24, 2.45) is 5.73 Å². The second-order valence-electron chi connectivity index (χ2n) is 4.92. The van der Waals surface area contributed by atoms with E-state index in [1.807, 2.05) is 24.4 Å². The Morgan fingerprint density at radius 2 is 2.11 bits per heavy atom. The zero-order valence-electron chi connectivity index (χ0n) is 11.4. The fourth-order valence-electron chi connectivity index (χ4n) is 2.28. The fourth-order valence-corrected chi connectivity index (χ4v) is 2.44. The van der Waals surface area contributed by atoms with Gasteiger partial charge in [-0.3, -0.25) is 4.98 Å². The standard InChI is InChI=1S/C15H20ClN3/c1-11(2)19(9-3-7-17)15-6-8-18-14-10-12(16)4-5-13(14)15/h4-6,8,10-11H,3,7,9,17H2,1-2H3. The zero-order chi connectivity index (χ0) is 13.8. The third kappa shape index (κ3) is 3.17. The molecule has 0 saturated carbocycles. The molecule has 0 bridgehead atoms. The van der Waals surface area contributed by atoms with Gasteiger partial charge in [0.1, 0.15) is 0 Å². The molecule has 2 N–H and O–H groups in total. The van der Waals surface area contributed by atoms with Gasteiger partial charge in [0.15, 0.2) is 0 Å². The largest absolute Gasteiger partial charge is 0.368 e. The van der Waals surface area contributed by atoms with Crippen molar-refractivity contribution in [3.63, 3.8) is 0 Å². The van der Waals surface area contributed by atoms with Crippen molar-refractivity contribution in [3.05, 3.63) is 35.5 Å². The van der Waals surface area contributed by atoms with Gasteiger partial charge in [-0.25, -0.2) is 0 Å². The van der Waals surface area contributed by atoms with Crippen LogP contribution >= 0.6 is 11.6 Å². The van der Waals surface area contributed by atoms with E-state index in [0.717, 1.165) is 28.9 Å². The first-order chi connectivity index (χ1) is 9.13. The van der Waals surface area contributed by atoms with Gasteiger partial charge in [-0.05, 0) is 51.1 Å². The molecule has 0 fully saturated rings. The summed E-state index contributed by atoms with van der Waals surface area (Å²) in [5, 5.41) is 1.85. The number of anilines is 1. The van der Waals surface area contributed by atoms with Crippen molar-refractivity contribution in [1.82, 2.24) is 4.98 Å². The number of nitrogens with zero attached hydrogens (tertiary/aromatic N) is 2. The van der Waals surface area contributed by atoms with Crippen LogP contribution in [0.3, 0.4) is 0 Å². The summed E-state index contributed by atoms with van der Waals surface area (Å²) < 4.78 is 0. The number of pyridine rings is 1. The van der Waals surface area contributed by atoms with Crippen molar-refractivity contribution in [1.29, 1.82) is 0 Å². The SMILES string of the molecule is CC(C)N(CCCN)c1ccnc2cc(Cl)ccc12. The van der Waals surface area contributed by atoms with Crippen molar-refractivity contribution >= 4 is 28.2 Å². The van der Waals surface area contributed by atoms with Crippen LogP contribution in [-0.2, 0) is 0 Å². The lowest BCUT2D eigenvalue weighted by Crippen LogP contribution is -2.33. The van der Waals surface area contributed by atoms with Crippen LogP contribution in [0.1, 0.15) is 20.3 Å². The van der Waals surface area contributed by atoms with E-state index < -0.39 is 0 Å². The molecule has 4 heteroatoms. The molecular formula is C15H20ClN3. The maximum atomic E-state index is 6.03. The molecule has 0 aliphatic rings. The predicted octanol–water partition coefficient (Wildman–Crippen LogP) is 3.45. The maximum absolute atomic E-state index is 6.03. The molecule has 2 rings (SSSR count). The zero-order valence-corrected chi connectivity index (χ0v) is 12.2. The second kappa shape index (κ2) is 6.22. The first-order valence-corrected chi connectivity index (χ1v) is 7.02. The van der Waals surface area contributed by atoms with Crippen LogP contribution in [0.5, 0.6) is 0 Å². The highest BCUT2D eigenvalue weighted by Crippen LogP contribution is 2.28. The average Bonchev–Trinajstić information content (AvgIpc) is 2.38. The van der Waals surface area contributed by atoms with E-state index in [0.29, 0.717) is 12.6 Å². The summed E-state index contributed by atoms with van der Waals surface area (Å²) in [7, 11) is 0. The highest BCUT2D eigenvalue weighted by molar-refractivity contribution is 6.31. The first kappa shape index (κ1) is 14.1. The number of benzene rings is 1. The van der Waals surface area contributed by atoms with E-state index in [2.05, 4.69) is 29.8 Å². The Morgan fingerprint density at radius 3 is 2.79 bits per heavy atom. The van der Waals surface area contributed by atoms with Gasteiger partial charge in [0, 0.05) is 34.9 Å². The predicted molar refractivity (Wildman–Crippen MR) is 82.9 cm³/mol. The van der Waals surface area contributed by atoms with Crippen LogP contribution in [0.2, 0.25) is 5.02 Å². The molecule has 2 aromatic rings. The summed E-state index contributed by atoms with van der Waals surface area (Å²) in [6.07, 6.45) is 2.82. The molecule has 1 heterocycles. The van der Waals surface area contributed by atoms with Crippen molar-refractivity contribution in [2.75, 3.05) is 18.0 Å². The fraction of sp³-hybridized carbons (Fsp3) is 0.400. The summed E-state index contributed by atoms with van der Waals surface area (Å²) in [6, 6.07) is 8.34. The van der Waals surface area contributed by atoms with Gasteiger partial charge < -0.3 is 10.6 Å². The van der Waals surface area contributed by atoms with Gasteiger partial charge in [-0.2, -0.15) is 0 Å². The molecule has 0 aliphatic heterocycles. The number of aromatic nitrogens is 1. The molecule has 1 aromatic carbocycles. The van der Waals surface area contributed by atoms with E-state index >= 15 is 0 Å². The highest BCUT2D eigenvalue weighted by atomic mass is 35.5. The number of rotatable bonds is 5. The van der Waals surface area contributed by atoms with E-state index in [9.17, 15) is 0 Å². The Bertz CT molecular complexity index is 554. The third-order valence-corrected chi connectivity index (χ3v) is 3.45. The van der Waals surface area contributed by atoms with Crippen molar-refractivity contribution < 1.29 is 0 Å². The second-order valence-corrected chi connectivity index (χ2v) is 5.36. The maximum Gasteiger partial charge on any atom is 0.0737 e. The van der Waals surface area contributed by atoms with E-state index in [1.54, 1.807) is 0 Å². The molecule has 1 aromatic heterocycles. The number of nitrogens with two attached hydrogens (primary N) is 1. The Morgan fingerprint density at radius 1 is 1.32 bits per heavy atom. The van der Waals surface area contributed by atoms with E-state index in [-0.39, 0.29) is 0 Å². The van der Waals surface area contributed by atoms with E-state index in [1.165, 1.54) is 5.69 Å². The van der Waals surface area contributed by atoms with Gasteiger partial charge in [0.25, 0.3) is 0 Å². The lowest BCUT2D eigenvalue weighted by molar-refractivity contribution is 0.659. The molecule has 0 aliphatic carbocycles. The van der Waals surface area contributed by atoms with Gasteiger partial charge in [0.2, 0.25) is 0 Å². The Labute approximate surface area is 119 Å². The molecular weight excluding hydrogens is 258 g/mol. The smallest absolute Gasteiger partial charge is 0.0737 e. The quantitative estimate of drug-likeness (QED) is 0.910. The van der Waals surface area contributed by atoms with Crippen LogP contribution < -0.4 is 10.6 Å². The topological polar surface area (TPSA) is 42.1 Å². The van der Waals surface area contributed by atoms with Crippen LogP contribution in [0.4, 0.5) is 5.69 Å². The monoisotopic (exact) mass is 277 g/mol. The third-order valence-electron chi connectivity index (χ3n) is 3.22. The van der Waals surface area contributed by atoms with Crippen LogP contribution in [-0.4, -0.2) is 24.1 Å². The lowest BCUT2D eigenvalue weighted by Gasteiger charge is -2.30. The van der Waals surface area contributed by atoms with Gasteiger partial charge in [0.05, 0.1) is 5.52 Å². The Balaban J connectivity index is 2.47. The first-order valence-electron chi connectivity index (χ1n) is 6.64. The Hall–Kier alpha value is -1.32. The minimum atomic E-state index is 0.424. The normalized spacial score (nSPS) is 11.2. The van der Waals surface area contributed by atoms with Gasteiger partial charge >= 0.3 is 0 Å².